The Morgan fingerprint density at radius 3 is 2.59 bits per heavy atom. The number of carbonyl (C=O) groups excluding carboxylic acids is 1. The molecular weight excluding hydrogens is 274 g/mol. The number of amides is 1. The molecule has 22 heavy (non-hydrogen) atoms. The highest BCUT2D eigenvalue weighted by atomic mass is 16.2. The molecule has 0 radical (unpaired) electrons. The van der Waals surface area contributed by atoms with Crippen LogP contribution in [0.1, 0.15) is 47.7 Å². The number of nitrogens with one attached hydrogen (secondary N) is 2. The Labute approximate surface area is 130 Å². The molecule has 0 unspecified atom stereocenters. The lowest BCUT2D eigenvalue weighted by molar-refractivity contribution is 0.0250. The van der Waals surface area contributed by atoms with E-state index in [1.165, 1.54) is 31.2 Å². The fraction of sp³-hybridized carbons (Fsp3) is 0.444. The molecule has 2 saturated carbocycles. The zero-order chi connectivity index (χ0) is 14.9. The number of rotatable bonds is 3. The summed E-state index contributed by atoms with van der Waals surface area (Å²) in [7, 11) is 0. The van der Waals surface area contributed by atoms with Crippen molar-refractivity contribution >= 4 is 5.91 Å². The largest absolute Gasteiger partial charge is 0.347 e. The summed E-state index contributed by atoms with van der Waals surface area (Å²) in [6.45, 7) is 0. The van der Waals surface area contributed by atoms with Crippen LogP contribution in [0.3, 0.4) is 0 Å². The zero-order valence-electron chi connectivity index (χ0n) is 12.5. The smallest absolute Gasteiger partial charge is 0.269 e. The summed E-state index contributed by atoms with van der Waals surface area (Å²) >= 11 is 0. The second-order valence-electron chi connectivity index (χ2n) is 6.52. The van der Waals surface area contributed by atoms with E-state index >= 15 is 0 Å². The van der Waals surface area contributed by atoms with E-state index in [0.717, 1.165) is 5.92 Å². The van der Waals surface area contributed by atoms with Gasteiger partial charge in [0.2, 0.25) is 0 Å². The SMILES string of the molecule is O=C(N[C@H]1[C@H]2CCCC[C@H]2[C@@H]1c1ccccc1)c1ccn[nH]1. The lowest BCUT2D eigenvalue weighted by Crippen LogP contribution is -2.59. The molecule has 2 fully saturated rings. The van der Waals surface area contributed by atoms with E-state index in [1.807, 2.05) is 0 Å². The van der Waals surface area contributed by atoms with Crippen molar-refractivity contribution in [3.05, 3.63) is 53.9 Å². The standard InChI is InChI=1S/C18H21N3O/c22-18(15-10-11-19-21-15)20-17-14-9-5-4-8-13(14)16(17)12-6-2-1-3-7-12/h1-3,6-7,10-11,13-14,16-17H,4-5,8-9H2,(H,19,21)(H,20,22)/t13-,14+,16+,17+/m1/s1. The van der Waals surface area contributed by atoms with Crippen LogP contribution in [0.4, 0.5) is 0 Å². The number of aromatic nitrogens is 2. The first-order valence-electron chi connectivity index (χ1n) is 8.20. The third-order valence-corrected chi connectivity index (χ3v) is 5.41. The van der Waals surface area contributed by atoms with Crippen LogP contribution >= 0.6 is 0 Å². The summed E-state index contributed by atoms with van der Waals surface area (Å²) in [5.74, 6) is 1.78. The molecule has 114 valence electrons. The van der Waals surface area contributed by atoms with Gasteiger partial charge in [0.1, 0.15) is 5.69 Å². The minimum Gasteiger partial charge on any atom is -0.347 e. The Kier molecular flexibility index (Phi) is 3.45. The molecule has 1 aromatic heterocycles. The second-order valence-corrected chi connectivity index (χ2v) is 6.52. The van der Waals surface area contributed by atoms with E-state index in [1.54, 1.807) is 12.3 Å². The van der Waals surface area contributed by atoms with Crippen LogP contribution in [0.15, 0.2) is 42.6 Å². The minimum absolute atomic E-state index is 0.0348. The van der Waals surface area contributed by atoms with Crippen LogP contribution in [0.25, 0.3) is 0 Å². The van der Waals surface area contributed by atoms with Gasteiger partial charge < -0.3 is 5.32 Å². The lowest BCUT2D eigenvalue weighted by atomic mass is 9.53. The Balaban J connectivity index is 1.57. The molecule has 1 amide bonds. The van der Waals surface area contributed by atoms with Crippen molar-refractivity contribution in [2.45, 2.75) is 37.6 Å². The molecule has 1 heterocycles. The van der Waals surface area contributed by atoms with Crippen LogP contribution < -0.4 is 5.32 Å². The van der Waals surface area contributed by atoms with Crippen LogP contribution in [-0.4, -0.2) is 22.1 Å². The second kappa shape index (κ2) is 5.59. The summed E-state index contributed by atoms with van der Waals surface area (Å²) in [6.07, 6.45) is 6.77. The summed E-state index contributed by atoms with van der Waals surface area (Å²) < 4.78 is 0. The Morgan fingerprint density at radius 1 is 1.09 bits per heavy atom. The average Bonchev–Trinajstić information content (AvgIpc) is 3.08. The van der Waals surface area contributed by atoms with E-state index in [-0.39, 0.29) is 11.9 Å². The summed E-state index contributed by atoms with van der Waals surface area (Å²) in [4.78, 5) is 12.4. The maximum absolute atomic E-state index is 12.4. The number of hydrogen-bond donors (Lipinski definition) is 2. The first-order valence-corrected chi connectivity index (χ1v) is 8.20. The molecule has 2 aliphatic rings. The number of nitrogens with zero attached hydrogens (tertiary/aromatic N) is 1. The van der Waals surface area contributed by atoms with Crippen LogP contribution in [0, 0.1) is 11.8 Å². The normalized spacial score (nSPS) is 30.2. The molecule has 2 aromatic rings. The molecule has 0 spiro atoms. The van der Waals surface area contributed by atoms with Crippen molar-refractivity contribution in [1.29, 1.82) is 0 Å². The molecule has 2 N–H and O–H groups in total. The van der Waals surface area contributed by atoms with E-state index in [0.29, 0.717) is 17.5 Å². The maximum Gasteiger partial charge on any atom is 0.269 e. The van der Waals surface area contributed by atoms with Crippen LogP contribution in [0.5, 0.6) is 0 Å². The first-order chi connectivity index (χ1) is 10.8. The van der Waals surface area contributed by atoms with Crippen molar-refractivity contribution in [3.63, 3.8) is 0 Å². The van der Waals surface area contributed by atoms with Gasteiger partial charge in [0.25, 0.3) is 5.91 Å². The van der Waals surface area contributed by atoms with Gasteiger partial charge in [0.15, 0.2) is 0 Å². The van der Waals surface area contributed by atoms with Gasteiger partial charge in [-0.1, -0.05) is 43.2 Å². The highest BCUT2D eigenvalue weighted by molar-refractivity contribution is 5.92. The lowest BCUT2D eigenvalue weighted by Gasteiger charge is -2.55. The van der Waals surface area contributed by atoms with Gasteiger partial charge in [-0.25, -0.2) is 0 Å². The Morgan fingerprint density at radius 2 is 1.86 bits per heavy atom. The summed E-state index contributed by atoms with van der Waals surface area (Å²) in [5.41, 5.74) is 1.91. The van der Waals surface area contributed by atoms with Crippen LogP contribution in [0.2, 0.25) is 0 Å². The highest BCUT2D eigenvalue weighted by Crippen LogP contribution is 2.54. The minimum atomic E-state index is -0.0348. The van der Waals surface area contributed by atoms with Gasteiger partial charge >= 0.3 is 0 Å². The van der Waals surface area contributed by atoms with Gasteiger partial charge in [-0.05, 0) is 36.3 Å². The van der Waals surface area contributed by atoms with Gasteiger partial charge in [0, 0.05) is 18.2 Å². The molecule has 4 rings (SSSR count). The topological polar surface area (TPSA) is 57.8 Å². The molecule has 0 bridgehead atoms. The fourth-order valence-corrected chi connectivity index (χ4v) is 4.41. The van der Waals surface area contributed by atoms with Gasteiger partial charge in [-0.2, -0.15) is 5.10 Å². The van der Waals surface area contributed by atoms with E-state index < -0.39 is 0 Å². The number of fused-ring (bicyclic) bond motifs is 1. The van der Waals surface area contributed by atoms with Crippen LogP contribution in [-0.2, 0) is 0 Å². The van der Waals surface area contributed by atoms with Gasteiger partial charge in [0.05, 0.1) is 0 Å². The van der Waals surface area contributed by atoms with Crippen molar-refractivity contribution in [1.82, 2.24) is 15.5 Å². The highest BCUT2D eigenvalue weighted by Gasteiger charge is 2.51. The predicted molar refractivity (Wildman–Crippen MR) is 84.5 cm³/mol. The van der Waals surface area contributed by atoms with Gasteiger partial charge in [-0.3, -0.25) is 9.89 Å². The Hall–Kier alpha value is -2.10. The van der Waals surface area contributed by atoms with E-state index in [4.69, 9.17) is 0 Å². The van der Waals surface area contributed by atoms with E-state index in [2.05, 4.69) is 45.8 Å². The van der Waals surface area contributed by atoms with Crippen molar-refractivity contribution in [3.8, 4) is 0 Å². The molecule has 4 nitrogen and oxygen atoms in total. The first kappa shape index (κ1) is 13.6. The monoisotopic (exact) mass is 295 g/mol. The zero-order valence-corrected chi connectivity index (χ0v) is 12.5. The quantitative estimate of drug-likeness (QED) is 0.914. The number of benzene rings is 1. The predicted octanol–water partition coefficient (Wildman–Crippen LogP) is 3.11. The number of H-pyrrole nitrogens is 1. The number of carbonyl (C=O) groups is 1. The molecule has 0 saturated heterocycles. The maximum atomic E-state index is 12.4. The van der Waals surface area contributed by atoms with Crippen molar-refractivity contribution in [2.24, 2.45) is 11.8 Å². The van der Waals surface area contributed by atoms with Gasteiger partial charge in [-0.15, -0.1) is 0 Å². The molecule has 1 aromatic carbocycles. The summed E-state index contributed by atoms with van der Waals surface area (Å²) in [6, 6.07) is 12.6. The molecule has 4 heteroatoms. The number of hydrogen-bond acceptors (Lipinski definition) is 2. The third-order valence-electron chi connectivity index (χ3n) is 5.41. The molecular formula is C18H21N3O. The average molecular weight is 295 g/mol. The number of aromatic amines is 1. The molecule has 4 atom stereocenters. The van der Waals surface area contributed by atoms with E-state index in [9.17, 15) is 4.79 Å². The fourth-order valence-electron chi connectivity index (χ4n) is 4.41. The summed E-state index contributed by atoms with van der Waals surface area (Å²) in [5, 5.41) is 9.88. The molecule has 2 aliphatic carbocycles. The van der Waals surface area contributed by atoms with Crippen molar-refractivity contribution in [2.75, 3.05) is 0 Å². The Bertz CT molecular complexity index is 638. The third kappa shape index (κ3) is 2.23. The van der Waals surface area contributed by atoms with Crippen molar-refractivity contribution < 1.29 is 4.79 Å². The molecule has 0 aliphatic heterocycles.